The Kier molecular flexibility index (Phi) is 3.02. The van der Waals surface area contributed by atoms with Crippen LogP contribution in [0.5, 0.6) is 0 Å². The zero-order valence-electron chi connectivity index (χ0n) is 11.1. The third kappa shape index (κ3) is 1.99. The van der Waals surface area contributed by atoms with Gasteiger partial charge in [0, 0.05) is 24.3 Å². The van der Waals surface area contributed by atoms with Gasteiger partial charge in [-0.25, -0.2) is 4.79 Å². The van der Waals surface area contributed by atoms with Crippen LogP contribution in [0, 0.1) is 0 Å². The summed E-state index contributed by atoms with van der Waals surface area (Å²) in [5.41, 5.74) is 0.527. The molecule has 0 aliphatic rings. The van der Waals surface area contributed by atoms with Crippen LogP contribution < -0.4 is 5.56 Å². The smallest absolute Gasteiger partial charge is 0.335 e. The molecule has 0 amide bonds. The van der Waals surface area contributed by atoms with Gasteiger partial charge in [-0.3, -0.25) is 9.78 Å². The molecule has 0 unspecified atom stereocenters. The lowest BCUT2D eigenvalue weighted by molar-refractivity contribution is 0.0697. The van der Waals surface area contributed by atoms with Gasteiger partial charge in [0.25, 0.3) is 5.56 Å². The fourth-order valence-electron chi connectivity index (χ4n) is 2.48. The number of hydrogen-bond acceptors (Lipinski definition) is 3. The van der Waals surface area contributed by atoms with E-state index in [1.807, 2.05) is 0 Å². The number of hydrogen-bond donors (Lipinski definition) is 1. The molecule has 2 heterocycles. The molecule has 0 bridgehead atoms. The number of allylic oxidation sites excluding steroid dienone is 1. The SMILES string of the molecule is C=CCn1c(=O)c2cnccc2c2ccc(C(=O)O)cc21. The second kappa shape index (κ2) is 4.86. The highest BCUT2D eigenvalue weighted by Crippen LogP contribution is 2.23. The Morgan fingerprint density at radius 3 is 2.81 bits per heavy atom. The predicted octanol–water partition coefficient (Wildman–Crippen LogP) is 2.43. The van der Waals surface area contributed by atoms with E-state index in [0.717, 1.165) is 10.8 Å². The maximum absolute atomic E-state index is 12.5. The van der Waals surface area contributed by atoms with Gasteiger partial charge in [0.05, 0.1) is 16.5 Å². The van der Waals surface area contributed by atoms with Crippen molar-refractivity contribution in [1.82, 2.24) is 9.55 Å². The summed E-state index contributed by atoms with van der Waals surface area (Å²) < 4.78 is 1.51. The number of carbonyl (C=O) groups is 1. The summed E-state index contributed by atoms with van der Waals surface area (Å²) >= 11 is 0. The maximum atomic E-state index is 12.5. The Morgan fingerprint density at radius 1 is 1.29 bits per heavy atom. The lowest BCUT2D eigenvalue weighted by atomic mass is 10.1. The minimum atomic E-state index is -1.02. The highest BCUT2D eigenvalue weighted by Gasteiger charge is 2.12. The van der Waals surface area contributed by atoms with Gasteiger partial charge >= 0.3 is 5.97 Å². The number of rotatable bonds is 3. The highest BCUT2D eigenvalue weighted by molar-refractivity contribution is 6.07. The molecule has 0 spiro atoms. The van der Waals surface area contributed by atoms with Crippen molar-refractivity contribution in [1.29, 1.82) is 0 Å². The van der Waals surface area contributed by atoms with Crippen molar-refractivity contribution in [3.05, 3.63) is 65.2 Å². The lowest BCUT2D eigenvalue weighted by Crippen LogP contribution is -2.20. The molecule has 1 N–H and O–H groups in total. The van der Waals surface area contributed by atoms with Gasteiger partial charge in [0.1, 0.15) is 0 Å². The molecule has 0 aliphatic heterocycles. The molecular weight excluding hydrogens is 268 g/mol. The molecule has 0 atom stereocenters. The van der Waals surface area contributed by atoms with Crippen LogP contribution in [0.1, 0.15) is 10.4 Å². The number of pyridine rings is 2. The van der Waals surface area contributed by atoms with E-state index in [1.165, 1.54) is 22.9 Å². The fourth-order valence-corrected chi connectivity index (χ4v) is 2.48. The number of fused-ring (bicyclic) bond motifs is 3. The molecule has 1 aromatic carbocycles. The van der Waals surface area contributed by atoms with Crippen molar-refractivity contribution in [3.63, 3.8) is 0 Å². The molecule has 0 saturated carbocycles. The molecule has 0 aliphatic carbocycles. The molecular formula is C16H12N2O3. The summed E-state index contributed by atoms with van der Waals surface area (Å²) in [6.45, 7) is 3.96. The Labute approximate surface area is 119 Å². The average Bonchev–Trinajstić information content (AvgIpc) is 2.51. The number of nitrogens with zero attached hydrogens (tertiary/aromatic N) is 2. The Balaban J connectivity index is 2.55. The molecule has 5 heteroatoms. The zero-order chi connectivity index (χ0) is 15.0. The van der Waals surface area contributed by atoms with Crippen LogP contribution in [0.4, 0.5) is 0 Å². The summed E-state index contributed by atoms with van der Waals surface area (Å²) in [6, 6.07) is 6.54. The first kappa shape index (κ1) is 13.1. The summed E-state index contributed by atoms with van der Waals surface area (Å²) in [5, 5.41) is 11.2. The quantitative estimate of drug-likeness (QED) is 0.591. The minimum Gasteiger partial charge on any atom is -0.478 e. The van der Waals surface area contributed by atoms with E-state index in [2.05, 4.69) is 11.6 Å². The summed E-state index contributed by atoms with van der Waals surface area (Å²) in [6.07, 6.45) is 4.75. The zero-order valence-corrected chi connectivity index (χ0v) is 11.1. The maximum Gasteiger partial charge on any atom is 0.335 e. The van der Waals surface area contributed by atoms with Crippen LogP contribution in [0.15, 0.2) is 54.1 Å². The lowest BCUT2D eigenvalue weighted by Gasteiger charge is -2.11. The molecule has 5 nitrogen and oxygen atoms in total. The third-order valence-electron chi connectivity index (χ3n) is 3.43. The summed E-state index contributed by atoms with van der Waals surface area (Å²) in [4.78, 5) is 27.7. The van der Waals surface area contributed by atoms with E-state index >= 15 is 0 Å². The second-order valence-electron chi connectivity index (χ2n) is 4.66. The number of benzene rings is 1. The molecule has 3 rings (SSSR count). The molecule has 2 aromatic heterocycles. The number of aromatic carboxylic acids is 1. The normalized spacial score (nSPS) is 10.9. The molecule has 21 heavy (non-hydrogen) atoms. The van der Waals surface area contributed by atoms with E-state index in [-0.39, 0.29) is 11.1 Å². The first-order chi connectivity index (χ1) is 10.1. The van der Waals surface area contributed by atoms with E-state index < -0.39 is 5.97 Å². The molecule has 0 saturated heterocycles. The van der Waals surface area contributed by atoms with E-state index in [1.54, 1.807) is 24.4 Å². The Hall–Kier alpha value is -2.95. The van der Waals surface area contributed by atoms with E-state index in [4.69, 9.17) is 5.11 Å². The van der Waals surface area contributed by atoms with Gasteiger partial charge in [-0.05, 0) is 23.6 Å². The van der Waals surface area contributed by atoms with Gasteiger partial charge in [-0.15, -0.1) is 6.58 Å². The van der Waals surface area contributed by atoms with Gasteiger partial charge in [-0.1, -0.05) is 12.1 Å². The van der Waals surface area contributed by atoms with Crippen molar-refractivity contribution in [2.75, 3.05) is 0 Å². The van der Waals surface area contributed by atoms with Gasteiger partial charge in [0.15, 0.2) is 0 Å². The van der Waals surface area contributed by atoms with Gasteiger partial charge < -0.3 is 9.67 Å². The summed E-state index contributed by atoms with van der Waals surface area (Å²) in [7, 11) is 0. The molecule has 104 valence electrons. The Bertz CT molecular complexity index is 941. The monoisotopic (exact) mass is 280 g/mol. The van der Waals surface area contributed by atoms with E-state index in [9.17, 15) is 9.59 Å². The first-order valence-electron chi connectivity index (χ1n) is 6.38. The van der Waals surface area contributed by atoms with Crippen LogP contribution in [-0.4, -0.2) is 20.6 Å². The largest absolute Gasteiger partial charge is 0.478 e. The second-order valence-corrected chi connectivity index (χ2v) is 4.66. The average molecular weight is 280 g/mol. The minimum absolute atomic E-state index is 0.146. The predicted molar refractivity (Wildman–Crippen MR) is 80.7 cm³/mol. The topological polar surface area (TPSA) is 72.2 Å². The first-order valence-corrected chi connectivity index (χ1v) is 6.38. The molecule has 0 fully saturated rings. The van der Waals surface area contributed by atoms with Crippen LogP contribution >= 0.6 is 0 Å². The van der Waals surface area contributed by atoms with Crippen molar-refractivity contribution in [2.45, 2.75) is 6.54 Å². The van der Waals surface area contributed by atoms with Gasteiger partial charge in [-0.2, -0.15) is 0 Å². The van der Waals surface area contributed by atoms with Crippen LogP contribution in [-0.2, 0) is 6.54 Å². The van der Waals surface area contributed by atoms with Crippen LogP contribution in [0.25, 0.3) is 21.7 Å². The fraction of sp³-hybridized carbons (Fsp3) is 0.0625. The van der Waals surface area contributed by atoms with E-state index in [0.29, 0.717) is 17.4 Å². The van der Waals surface area contributed by atoms with Crippen molar-refractivity contribution >= 4 is 27.6 Å². The highest BCUT2D eigenvalue weighted by atomic mass is 16.4. The molecule has 3 aromatic rings. The third-order valence-corrected chi connectivity index (χ3v) is 3.43. The number of carboxylic acids is 1. The molecule has 0 radical (unpaired) electrons. The summed E-state index contributed by atoms with van der Waals surface area (Å²) in [5.74, 6) is -1.02. The van der Waals surface area contributed by atoms with Crippen LogP contribution in [0.3, 0.4) is 0 Å². The Morgan fingerprint density at radius 2 is 2.10 bits per heavy atom. The van der Waals surface area contributed by atoms with Crippen molar-refractivity contribution in [2.24, 2.45) is 0 Å². The van der Waals surface area contributed by atoms with Crippen molar-refractivity contribution < 1.29 is 9.90 Å². The number of aromatic nitrogens is 2. The van der Waals surface area contributed by atoms with Crippen molar-refractivity contribution in [3.8, 4) is 0 Å². The van der Waals surface area contributed by atoms with Gasteiger partial charge in [0.2, 0.25) is 0 Å². The standard InChI is InChI=1S/C16H12N2O3/c1-2-7-18-14-8-10(16(20)21)3-4-12(14)11-5-6-17-9-13(11)15(18)19/h2-6,8-9H,1,7H2,(H,20,21). The number of carboxylic acid groups (broad SMARTS) is 1. The van der Waals surface area contributed by atoms with Crippen LogP contribution in [0.2, 0.25) is 0 Å².